The maximum atomic E-state index is 15.1. The number of aromatic nitrogens is 1. The van der Waals surface area contributed by atoms with E-state index in [2.05, 4.69) is 19.4 Å². The molecule has 1 N–H and O–H groups in total. The molecule has 3 fully saturated rings. The number of hydrogen-bond acceptors (Lipinski definition) is 7. The Morgan fingerprint density at radius 3 is 2.25 bits per heavy atom. The molecule has 0 radical (unpaired) electrons. The van der Waals surface area contributed by atoms with Crippen LogP contribution in [-0.2, 0) is 22.4 Å². The molecule has 16 heteroatoms. The first-order valence-corrected chi connectivity index (χ1v) is 17.3. The molecule has 0 saturated carbocycles. The maximum Gasteiger partial charge on any atom is 0.415 e. The molecule has 1 aromatic heterocycles. The van der Waals surface area contributed by atoms with Crippen molar-refractivity contribution in [2.45, 2.75) is 51.2 Å². The molecule has 3 aliphatic rings. The molecule has 53 heavy (non-hydrogen) atoms. The summed E-state index contributed by atoms with van der Waals surface area (Å²) in [5.41, 5.74) is 0.822. The van der Waals surface area contributed by atoms with E-state index in [1.807, 2.05) is 0 Å². The molecule has 1 amide bonds. The van der Waals surface area contributed by atoms with Crippen molar-refractivity contribution in [1.82, 2.24) is 4.90 Å². The number of rotatable bonds is 13. The van der Waals surface area contributed by atoms with Crippen LogP contribution in [0.3, 0.4) is 0 Å². The number of halogens is 7. The van der Waals surface area contributed by atoms with Crippen molar-refractivity contribution in [2.75, 3.05) is 24.5 Å². The lowest BCUT2D eigenvalue weighted by molar-refractivity contribution is -0.377. The third-order valence-electron chi connectivity index (χ3n) is 9.12. The number of anilines is 1. The average Bonchev–Trinajstić information content (AvgIpc) is 3.13. The number of hydrogen-bond donors (Lipinski definition) is 0. The summed E-state index contributed by atoms with van der Waals surface area (Å²) in [7, 11) is 0. The molecule has 0 unspecified atom stereocenters. The van der Waals surface area contributed by atoms with Gasteiger partial charge in [-0.25, -0.2) is 19.0 Å². The van der Waals surface area contributed by atoms with Crippen LogP contribution in [0.25, 0.3) is 0 Å². The Morgan fingerprint density at radius 1 is 0.887 bits per heavy atom. The lowest BCUT2D eigenvalue weighted by atomic mass is 9.86. The Morgan fingerprint density at radius 2 is 1.58 bits per heavy atom. The van der Waals surface area contributed by atoms with Gasteiger partial charge in [-0.1, -0.05) is 53.5 Å². The average molecular weight is 782 g/mol. The van der Waals surface area contributed by atoms with Crippen molar-refractivity contribution in [3.63, 3.8) is 0 Å². The fourth-order valence-corrected chi connectivity index (χ4v) is 7.06. The third-order valence-corrected chi connectivity index (χ3v) is 9.80. The van der Waals surface area contributed by atoms with Gasteiger partial charge in [0.05, 0.1) is 17.8 Å². The van der Waals surface area contributed by atoms with Crippen LogP contribution in [0.1, 0.15) is 46.0 Å². The Bertz CT molecular complexity index is 1910. The quantitative estimate of drug-likeness (QED) is 0.0993. The molecule has 7 rings (SSSR count). The van der Waals surface area contributed by atoms with E-state index in [0.717, 1.165) is 38.1 Å². The molecular weight excluding hydrogens is 748 g/mol. The van der Waals surface area contributed by atoms with Crippen molar-refractivity contribution in [2.24, 2.45) is 5.92 Å². The van der Waals surface area contributed by atoms with Crippen molar-refractivity contribution < 1.29 is 55.5 Å². The summed E-state index contributed by atoms with van der Waals surface area (Å²) in [6.07, 6.45) is 2.14. The van der Waals surface area contributed by atoms with Gasteiger partial charge in [-0.05, 0) is 79.4 Å². The minimum atomic E-state index is -3.39. The fraction of sp³-hybridized carbons (Fsp3) is 0.324. The molecule has 0 spiro atoms. The van der Waals surface area contributed by atoms with Crippen LogP contribution >= 0.6 is 23.2 Å². The number of nitrogens with one attached hydrogen (secondary N) is 1. The first-order valence-electron chi connectivity index (χ1n) is 16.6. The van der Waals surface area contributed by atoms with E-state index >= 15 is 4.39 Å². The summed E-state index contributed by atoms with van der Waals surface area (Å²) in [5.74, 6) is -2.71. The second kappa shape index (κ2) is 17.0. The summed E-state index contributed by atoms with van der Waals surface area (Å²) >= 11 is 12.8. The standard InChI is InChI=1S/C37H32Cl2F5N3O6/c38-26-17-45-18-27(39)25(26)16-31(23-8-9-30(51-35(41)42)32(15-23)52-36(43)44)50-34(48)24-5-3-4-21(14-24)19-47(29-7-2-1-6-28(29)40)37(49)53-33-20-46-12-10-22(33)11-13-46/h1-9,14-15,17-18,22,31,33,35-36H,10-13,16,19-20H2/p+1/t31-,33-/m0/s1. The number of H-pyrrole nitrogens is 1. The number of ether oxygens (including phenoxy) is 4. The smallest absolute Gasteiger partial charge is 0.415 e. The van der Waals surface area contributed by atoms with Crippen molar-refractivity contribution in [1.29, 1.82) is 0 Å². The van der Waals surface area contributed by atoms with Crippen LogP contribution in [0.4, 0.5) is 32.4 Å². The van der Waals surface area contributed by atoms with E-state index in [0.29, 0.717) is 17.7 Å². The van der Waals surface area contributed by atoms with E-state index in [1.54, 1.807) is 18.2 Å². The largest absolute Gasteiger partial charge is 0.454 e. The molecule has 4 heterocycles. The van der Waals surface area contributed by atoms with Gasteiger partial charge in [0.15, 0.2) is 23.9 Å². The summed E-state index contributed by atoms with van der Waals surface area (Å²) in [5, 5.41) is 0.334. The SMILES string of the molecule is O=C(O[C@@H](Cc1c(Cl)c[nH+]cc1Cl)c1ccc(OC(F)F)c(OC(F)F)c1)c1cccc(CN(C(=O)O[C@H]2CN3CCC2CC3)c2ccccc2F)c1. The number of pyridine rings is 1. The number of piperidine rings is 3. The third kappa shape index (κ3) is 9.48. The molecule has 4 aromatic rings. The first-order chi connectivity index (χ1) is 25.4. The van der Waals surface area contributed by atoms with Gasteiger partial charge in [-0.3, -0.25) is 9.80 Å². The number of aromatic amines is 1. The highest BCUT2D eigenvalue weighted by molar-refractivity contribution is 6.35. The Kier molecular flexibility index (Phi) is 12.2. The number of para-hydroxylation sites is 1. The van der Waals surface area contributed by atoms with Gasteiger partial charge in [-0.2, -0.15) is 17.6 Å². The Labute approximate surface area is 311 Å². The molecule has 0 aliphatic carbocycles. The van der Waals surface area contributed by atoms with Crippen molar-refractivity contribution in [3.8, 4) is 11.5 Å². The van der Waals surface area contributed by atoms with Crippen LogP contribution in [0, 0.1) is 11.7 Å². The number of nitrogens with zero attached hydrogens (tertiary/aromatic N) is 2. The van der Waals surface area contributed by atoms with E-state index in [-0.39, 0.29) is 51.8 Å². The van der Waals surface area contributed by atoms with E-state index in [9.17, 15) is 27.2 Å². The van der Waals surface area contributed by atoms with Gasteiger partial charge in [0.1, 0.15) is 28.1 Å². The molecule has 2 atom stereocenters. The highest BCUT2D eigenvalue weighted by atomic mass is 35.5. The zero-order valence-corrected chi connectivity index (χ0v) is 29.3. The van der Waals surface area contributed by atoms with Crippen molar-refractivity contribution >= 4 is 41.0 Å². The van der Waals surface area contributed by atoms with Crippen LogP contribution < -0.4 is 19.4 Å². The van der Waals surface area contributed by atoms with Gasteiger partial charge in [0.25, 0.3) is 0 Å². The number of carbonyl (C=O) groups excluding carboxylic acids is 2. The van der Waals surface area contributed by atoms with Crippen LogP contribution in [0.15, 0.2) is 79.1 Å². The fourth-order valence-electron chi connectivity index (χ4n) is 6.52. The molecule has 3 aromatic carbocycles. The second-order valence-electron chi connectivity index (χ2n) is 12.5. The lowest BCUT2D eigenvalue weighted by Crippen LogP contribution is -2.53. The topological polar surface area (TPSA) is 91.7 Å². The van der Waals surface area contributed by atoms with Gasteiger partial charge >= 0.3 is 25.3 Å². The summed E-state index contributed by atoms with van der Waals surface area (Å²) in [6.45, 7) is -4.42. The van der Waals surface area contributed by atoms with Crippen LogP contribution in [0.2, 0.25) is 10.0 Å². The molecule has 3 saturated heterocycles. The van der Waals surface area contributed by atoms with E-state index < -0.39 is 48.7 Å². The zero-order chi connectivity index (χ0) is 37.6. The summed E-state index contributed by atoms with van der Waals surface area (Å²) in [4.78, 5) is 33.6. The number of fused-ring (bicyclic) bond motifs is 3. The minimum absolute atomic E-state index is 0.0122. The lowest BCUT2D eigenvalue weighted by Gasteiger charge is -2.44. The molecular formula is C37H33Cl2F5N3O6+. The number of carbonyl (C=O) groups is 2. The van der Waals surface area contributed by atoms with Gasteiger partial charge in [-0.15, -0.1) is 0 Å². The molecule has 2 bridgehead atoms. The highest BCUT2D eigenvalue weighted by Crippen LogP contribution is 2.37. The minimum Gasteiger partial charge on any atom is -0.454 e. The Balaban J connectivity index is 1.27. The van der Waals surface area contributed by atoms with Gasteiger partial charge in [0.2, 0.25) is 0 Å². The number of esters is 1. The molecule has 3 aliphatic heterocycles. The maximum absolute atomic E-state index is 15.1. The Hall–Kier alpha value is -4.66. The number of amides is 1. The predicted octanol–water partition coefficient (Wildman–Crippen LogP) is 8.53. The monoisotopic (exact) mass is 780 g/mol. The van der Waals surface area contributed by atoms with Gasteiger partial charge < -0.3 is 18.9 Å². The van der Waals surface area contributed by atoms with Crippen molar-refractivity contribution in [3.05, 3.63) is 117 Å². The molecule has 280 valence electrons. The normalized spacial score (nSPS) is 18.5. The number of benzene rings is 3. The number of alkyl halides is 4. The summed E-state index contributed by atoms with van der Waals surface area (Å²) < 4.78 is 88.3. The van der Waals surface area contributed by atoms with Gasteiger partial charge in [0, 0.05) is 18.5 Å². The summed E-state index contributed by atoms with van der Waals surface area (Å²) in [6, 6.07) is 15.1. The van der Waals surface area contributed by atoms with Crippen LogP contribution in [-0.4, -0.2) is 55.9 Å². The predicted molar refractivity (Wildman–Crippen MR) is 183 cm³/mol. The zero-order valence-electron chi connectivity index (χ0n) is 27.8. The highest BCUT2D eigenvalue weighted by Gasteiger charge is 2.38. The van der Waals surface area contributed by atoms with E-state index in [1.165, 1.54) is 53.7 Å². The van der Waals surface area contributed by atoms with E-state index in [4.69, 9.17) is 32.7 Å². The second-order valence-corrected chi connectivity index (χ2v) is 13.3. The molecule has 9 nitrogen and oxygen atoms in total. The van der Waals surface area contributed by atoms with Crippen LogP contribution in [0.5, 0.6) is 11.5 Å². The first kappa shape index (κ1) is 38.1.